The minimum absolute atomic E-state index is 0.612. The van der Waals surface area contributed by atoms with E-state index in [-0.39, 0.29) is 0 Å². The van der Waals surface area contributed by atoms with Crippen molar-refractivity contribution in [3.8, 4) is 0 Å². The van der Waals surface area contributed by atoms with Crippen molar-refractivity contribution < 1.29 is 0 Å². The fourth-order valence-electron chi connectivity index (χ4n) is 2.76. The van der Waals surface area contributed by atoms with Gasteiger partial charge in [0.1, 0.15) is 0 Å². The molecule has 3 heteroatoms. The number of hydrogen-bond acceptors (Lipinski definition) is 3. The van der Waals surface area contributed by atoms with Crippen LogP contribution < -0.4 is 15.1 Å². The lowest BCUT2D eigenvalue weighted by Gasteiger charge is -2.39. The average Bonchev–Trinajstić information content (AvgIpc) is 2.38. The van der Waals surface area contributed by atoms with E-state index in [9.17, 15) is 0 Å². The molecule has 1 aromatic rings. The standard InChI is InChI=1S/C15H25N3/c1-12-11-13(16-2)9-10-18(12)15-7-5-14(6-8-15)17(3)4/h5-8,12-13,16H,9-11H2,1-4H3. The van der Waals surface area contributed by atoms with Gasteiger partial charge in [0.15, 0.2) is 0 Å². The molecule has 1 saturated heterocycles. The molecule has 1 N–H and O–H groups in total. The highest BCUT2D eigenvalue weighted by Crippen LogP contribution is 2.26. The Bertz CT molecular complexity index is 372. The molecule has 0 saturated carbocycles. The van der Waals surface area contributed by atoms with Gasteiger partial charge in [-0.15, -0.1) is 0 Å². The van der Waals surface area contributed by atoms with Crippen molar-refractivity contribution in [3.05, 3.63) is 24.3 Å². The van der Waals surface area contributed by atoms with Crippen molar-refractivity contribution in [1.29, 1.82) is 0 Å². The summed E-state index contributed by atoms with van der Waals surface area (Å²) in [7, 11) is 6.23. The van der Waals surface area contributed by atoms with E-state index in [0.29, 0.717) is 12.1 Å². The summed E-state index contributed by atoms with van der Waals surface area (Å²) in [4.78, 5) is 4.66. The first-order valence-electron chi connectivity index (χ1n) is 6.83. The molecule has 2 rings (SSSR count). The molecule has 100 valence electrons. The summed E-state index contributed by atoms with van der Waals surface area (Å²) in [6, 6.07) is 10.2. The molecule has 18 heavy (non-hydrogen) atoms. The van der Waals surface area contributed by atoms with Crippen LogP contribution in [0.25, 0.3) is 0 Å². The van der Waals surface area contributed by atoms with E-state index in [4.69, 9.17) is 0 Å². The maximum Gasteiger partial charge on any atom is 0.0370 e. The van der Waals surface area contributed by atoms with Gasteiger partial charge in [-0.3, -0.25) is 0 Å². The van der Waals surface area contributed by atoms with Gasteiger partial charge in [-0.05, 0) is 51.1 Å². The van der Waals surface area contributed by atoms with Crippen LogP contribution in [-0.4, -0.2) is 39.8 Å². The zero-order valence-corrected chi connectivity index (χ0v) is 12.0. The summed E-state index contributed by atoms with van der Waals surface area (Å²) < 4.78 is 0. The number of hydrogen-bond donors (Lipinski definition) is 1. The third-order valence-corrected chi connectivity index (χ3v) is 3.98. The number of rotatable bonds is 3. The Hall–Kier alpha value is -1.22. The summed E-state index contributed by atoms with van der Waals surface area (Å²) >= 11 is 0. The molecule has 1 aliphatic heterocycles. The summed E-state index contributed by atoms with van der Waals surface area (Å²) in [6.45, 7) is 3.47. The quantitative estimate of drug-likeness (QED) is 0.884. The first kappa shape index (κ1) is 13.2. The maximum atomic E-state index is 3.40. The van der Waals surface area contributed by atoms with Gasteiger partial charge in [0, 0.05) is 44.1 Å². The average molecular weight is 247 g/mol. The van der Waals surface area contributed by atoms with Gasteiger partial charge < -0.3 is 15.1 Å². The number of nitrogens with zero attached hydrogens (tertiary/aromatic N) is 2. The molecule has 0 aliphatic carbocycles. The van der Waals surface area contributed by atoms with Crippen LogP contribution in [0.3, 0.4) is 0 Å². The van der Waals surface area contributed by atoms with E-state index in [1.54, 1.807) is 0 Å². The summed E-state index contributed by atoms with van der Waals surface area (Å²) in [5.74, 6) is 0. The lowest BCUT2D eigenvalue weighted by atomic mass is 9.97. The fourth-order valence-corrected chi connectivity index (χ4v) is 2.76. The highest BCUT2D eigenvalue weighted by molar-refractivity contribution is 5.56. The zero-order valence-electron chi connectivity index (χ0n) is 12.0. The van der Waals surface area contributed by atoms with Crippen molar-refractivity contribution in [2.75, 3.05) is 37.5 Å². The molecule has 2 unspecified atom stereocenters. The predicted octanol–water partition coefficient (Wildman–Crippen LogP) is 2.33. The van der Waals surface area contributed by atoms with Gasteiger partial charge in [-0.2, -0.15) is 0 Å². The normalized spacial score (nSPS) is 24.1. The molecule has 1 aromatic carbocycles. The molecule has 3 nitrogen and oxygen atoms in total. The smallest absolute Gasteiger partial charge is 0.0370 e. The van der Waals surface area contributed by atoms with Gasteiger partial charge in [-0.1, -0.05) is 0 Å². The second-order valence-corrected chi connectivity index (χ2v) is 5.46. The van der Waals surface area contributed by atoms with Crippen LogP contribution in [0, 0.1) is 0 Å². The highest BCUT2D eigenvalue weighted by atomic mass is 15.2. The van der Waals surface area contributed by atoms with E-state index in [0.717, 1.165) is 6.54 Å². The molecule has 0 amide bonds. The zero-order chi connectivity index (χ0) is 13.1. The minimum atomic E-state index is 0.612. The Morgan fingerprint density at radius 1 is 1.22 bits per heavy atom. The van der Waals surface area contributed by atoms with Gasteiger partial charge >= 0.3 is 0 Å². The first-order chi connectivity index (χ1) is 8.61. The third kappa shape index (κ3) is 2.78. The van der Waals surface area contributed by atoms with Crippen LogP contribution in [-0.2, 0) is 0 Å². The molecule has 0 radical (unpaired) electrons. The SMILES string of the molecule is CNC1CCN(c2ccc(N(C)C)cc2)C(C)C1. The third-order valence-electron chi connectivity index (χ3n) is 3.98. The highest BCUT2D eigenvalue weighted by Gasteiger charge is 2.24. The maximum absolute atomic E-state index is 3.40. The number of piperidine rings is 1. The molecule has 2 atom stereocenters. The van der Waals surface area contributed by atoms with Crippen molar-refractivity contribution in [3.63, 3.8) is 0 Å². The fraction of sp³-hybridized carbons (Fsp3) is 0.600. The number of nitrogens with one attached hydrogen (secondary N) is 1. The molecule has 1 fully saturated rings. The van der Waals surface area contributed by atoms with Crippen LogP contribution in [0.5, 0.6) is 0 Å². The predicted molar refractivity (Wildman–Crippen MR) is 79.7 cm³/mol. The second-order valence-electron chi connectivity index (χ2n) is 5.46. The van der Waals surface area contributed by atoms with Crippen molar-refractivity contribution in [2.24, 2.45) is 0 Å². The molecule has 0 aromatic heterocycles. The van der Waals surface area contributed by atoms with Crippen LogP contribution in [0.1, 0.15) is 19.8 Å². The van der Waals surface area contributed by atoms with Crippen molar-refractivity contribution in [2.45, 2.75) is 31.8 Å². The Morgan fingerprint density at radius 2 is 1.89 bits per heavy atom. The Morgan fingerprint density at radius 3 is 2.39 bits per heavy atom. The van der Waals surface area contributed by atoms with Gasteiger partial charge in [0.05, 0.1) is 0 Å². The largest absolute Gasteiger partial charge is 0.378 e. The summed E-state index contributed by atoms with van der Waals surface area (Å²) in [6.07, 6.45) is 2.46. The Balaban J connectivity index is 2.07. The van der Waals surface area contributed by atoms with Crippen molar-refractivity contribution >= 4 is 11.4 Å². The van der Waals surface area contributed by atoms with Gasteiger partial charge in [0.2, 0.25) is 0 Å². The van der Waals surface area contributed by atoms with E-state index < -0.39 is 0 Å². The molecule has 1 aliphatic rings. The minimum Gasteiger partial charge on any atom is -0.378 e. The van der Waals surface area contributed by atoms with Crippen LogP contribution >= 0.6 is 0 Å². The topological polar surface area (TPSA) is 18.5 Å². The summed E-state index contributed by atoms with van der Waals surface area (Å²) in [5, 5.41) is 3.40. The molecule has 0 spiro atoms. The van der Waals surface area contributed by atoms with Gasteiger partial charge in [-0.25, -0.2) is 0 Å². The van der Waals surface area contributed by atoms with Crippen molar-refractivity contribution in [1.82, 2.24) is 5.32 Å². The van der Waals surface area contributed by atoms with Crippen LogP contribution in [0.2, 0.25) is 0 Å². The van der Waals surface area contributed by atoms with Crippen LogP contribution in [0.15, 0.2) is 24.3 Å². The first-order valence-corrected chi connectivity index (χ1v) is 6.83. The van der Waals surface area contributed by atoms with E-state index in [2.05, 4.69) is 67.4 Å². The monoisotopic (exact) mass is 247 g/mol. The van der Waals surface area contributed by atoms with Crippen LogP contribution in [0.4, 0.5) is 11.4 Å². The lowest BCUT2D eigenvalue weighted by Crippen LogP contribution is -2.46. The number of benzene rings is 1. The molecular formula is C15H25N3. The lowest BCUT2D eigenvalue weighted by molar-refractivity contribution is 0.387. The number of anilines is 2. The Kier molecular flexibility index (Phi) is 4.12. The Labute approximate surface area is 111 Å². The van der Waals surface area contributed by atoms with E-state index in [1.807, 2.05) is 0 Å². The second kappa shape index (κ2) is 5.61. The van der Waals surface area contributed by atoms with Gasteiger partial charge in [0.25, 0.3) is 0 Å². The van der Waals surface area contributed by atoms with E-state index in [1.165, 1.54) is 24.2 Å². The molecular weight excluding hydrogens is 222 g/mol. The van der Waals surface area contributed by atoms with E-state index >= 15 is 0 Å². The molecule has 0 bridgehead atoms. The molecule has 1 heterocycles. The summed E-state index contributed by atoms with van der Waals surface area (Å²) in [5.41, 5.74) is 2.61.